The van der Waals surface area contributed by atoms with Crippen molar-refractivity contribution < 1.29 is 4.42 Å². The van der Waals surface area contributed by atoms with Crippen LogP contribution in [0.4, 0.5) is 0 Å². The largest absolute Gasteiger partial charge is 0.454 e. The molecule has 0 spiro atoms. The van der Waals surface area contributed by atoms with E-state index in [1.807, 2.05) is 91.0 Å². The van der Waals surface area contributed by atoms with Crippen LogP contribution in [0.5, 0.6) is 0 Å². The number of fused-ring (bicyclic) bond motifs is 10. The molecule has 0 aliphatic carbocycles. The number of nitrogens with zero attached hydrogens (tertiary/aromatic N) is 6. The van der Waals surface area contributed by atoms with Gasteiger partial charge in [-0.2, -0.15) is 5.26 Å². The van der Waals surface area contributed by atoms with Crippen LogP contribution in [0.1, 0.15) is 5.56 Å². The van der Waals surface area contributed by atoms with Gasteiger partial charge in [-0.1, -0.05) is 152 Å². The fraction of sp³-hybridized carbons (Fsp3) is 0. The second-order valence-corrected chi connectivity index (χ2v) is 16.3. The third-order valence-electron chi connectivity index (χ3n) is 12.6. The predicted molar refractivity (Wildman–Crippen MR) is 262 cm³/mol. The van der Waals surface area contributed by atoms with E-state index in [-0.39, 0.29) is 0 Å². The summed E-state index contributed by atoms with van der Waals surface area (Å²) in [7, 11) is 0. The maximum absolute atomic E-state index is 10.4. The third kappa shape index (κ3) is 5.71. The average molecular weight is 831 g/mol. The Labute approximate surface area is 372 Å². The van der Waals surface area contributed by atoms with Gasteiger partial charge >= 0.3 is 0 Å². The molecule has 0 radical (unpaired) electrons. The molecule has 9 aromatic carbocycles. The highest BCUT2D eigenvalue weighted by Crippen LogP contribution is 2.45. The number of benzene rings is 9. The summed E-state index contributed by atoms with van der Waals surface area (Å²) in [6, 6.07) is 73.1. The van der Waals surface area contributed by atoms with Crippen LogP contribution in [0.2, 0.25) is 0 Å². The van der Waals surface area contributed by atoms with E-state index in [1.165, 1.54) is 0 Å². The molecule has 0 bridgehead atoms. The summed E-state index contributed by atoms with van der Waals surface area (Å²) in [6.07, 6.45) is 0. The number of hydrogen-bond donors (Lipinski definition) is 0. The van der Waals surface area contributed by atoms with Crippen LogP contribution in [0.3, 0.4) is 0 Å². The molecule has 302 valence electrons. The summed E-state index contributed by atoms with van der Waals surface area (Å²) in [5, 5.41) is 17.0. The zero-order chi connectivity index (χ0) is 43.0. The summed E-state index contributed by atoms with van der Waals surface area (Å²) < 4.78 is 11.3. The van der Waals surface area contributed by atoms with Crippen molar-refractivity contribution in [3.8, 4) is 62.7 Å². The minimum atomic E-state index is 0.461. The number of hydrogen-bond acceptors (Lipinski definition) is 5. The first kappa shape index (κ1) is 36.5. The van der Waals surface area contributed by atoms with Crippen LogP contribution < -0.4 is 0 Å². The lowest BCUT2D eigenvalue weighted by Crippen LogP contribution is -2.04. The number of furan rings is 1. The molecule has 0 N–H and O–H groups in total. The molecule has 0 saturated carbocycles. The molecule has 0 saturated heterocycles. The lowest BCUT2D eigenvalue weighted by atomic mass is 10.0. The smallest absolute Gasteiger partial charge is 0.166 e. The molecule has 0 fully saturated rings. The van der Waals surface area contributed by atoms with Gasteiger partial charge in [-0.25, -0.2) is 15.0 Å². The van der Waals surface area contributed by atoms with E-state index in [0.29, 0.717) is 28.6 Å². The van der Waals surface area contributed by atoms with E-state index in [2.05, 4.69) is 130 Å². The number of rotatable bonds is 6. The van der Waals surface area contributed by atoms with Crippen LogP contribution in [-0.4, -0.2) is 24.1 Å². The molecule has 65 heavy (non-hydrogen) atoms. The standard InChI is InChI=1S/C58H34N6O/c59-35-36-29-31-49(46(33-36)58-61-56(38-17-5-2-6-18-38)60-57(62-58)40-20-13-19-39(34-40)37-15-3-1-4-16-37)64-47-25-10-7-21-41(47)43-30-32-50-53(54(43)64)45-23-8-11-26-48(45)63(50)51-27-14-24-44-42-22-9-12-28-52(42)65-55(44)51/h1-34H. The number of para-hydroxylation sites is 4. The maximum Gasteiger partial charge on any atom is 0.166 e. The highest BCUT2D eigenvalue weighted by molar-refractivity contribution is 6.26. The third-order valence-corrected chi connectivity index (χ3v) is 12.6. The van der Waals surface area contributed by atoms with Gasteiger partial charge in [0, 0.05) is 49.0 Å². The summed E-state index contributed by atoms with van der Waals surface area (Å²) >= 11 is 0. The lowest BCUT2D eigenvalue weighted by Gasteiger charge is -2.16. The van der Waals surface area contributed by atoms with Crippen molar-refractivity contribution in [3.63, 3.8) is 0 Å². The van der Waals surface area contributed by atoms with E-state index in [1.54, 1.807) is 0 Å². The second kappa shape index (κ2) is 14.5. The molecule has 0 atom stereocenters. The number of aromatic nitrogens is 5. The minimum absolute atomic E-state index is 0.461. The van der Waals surface area contributed by atoms with Gasteiger partial charge in [0.15, 0.2) is 23.1 Å². The lowest BCUT2D eigenvalue weighted by molar-refractivity contribution is 0.666. The van der Waals surface area contributed by atoms with E-state index in [4.69, 9.17) is 19.4 Å². The normalized spacial score (nSPS) is 11.7. The summed E-state index contributed by atoms with van der Waals surface area (Å²) in [4.78, 5) is 15.6. The first-order chi connectivity index (χ1) is 32.2. The zero-order valence-corrected chi connectivity index (χ0v) is 34.7. The van der Waals surface area contributed by atoms with Gasteiger partial charge < -0.3 is 13.6 Å². The van der Waals surface area contributed by atoms with Gasteiger partial charge in [0.2, 0.25) is 0 Å². The summed E-state index contributed by atoms with van der Waals surface area (Å²) in [6.45, 7) is 0. The quantitative estimate of drug-likeness (QED) is 0.167. The second-order valence-electron chi connectivity index (χ2n) is 16.3. The van der Waals surface area contributed by atoms with E-state index in [9.17, 15) is 5.26 Å². The van der Waals surface area contributed by atoms with E-state index >= 15 is 0 Å². The molecule has 13 aromatic rings. The van der Waals surface area contributed by atoms with Crippen LogP contribution in [0.15, 0.2) is 211 Å². The van der Waals surface area contributed by atoms with Crippen molar-refractivity contribution in [2.75, 3.05) is 0 Å². The topological polar surface area (TPSA) is 85.5 Å². The Hall–Kier alpha value is -9.12. The first-order valence-electron chi connectivity index (χ1n) is 21.6. The molecular formula is C58H34N6O. The zero-order valence-electron chi connectivity index (χ0n) is 34.7. The Morgan fingerprint density at radius 3 is 1.82 bits per heavy atom. The molecule has 0 aliphatic rings. The van der Waals surface area contributed by atoms with Crippen LogP contribution in [-0.2, 0) is 0 Å². The van der Waals surface area contributed by atoms with Gasteiger partial charge in [0.05, 0.1) is 45.1 Å². The fourth-order valence-corrected chi connectivity index (χ4v) is 9.72. The molecule has 0 aliphatic heterocycles. The molecule has 7 heteroatoms. The summed E-state index contributed by atoms with van der Waals surface area (Å²) in [5.74, 6) is 1.53. The Balaban J connectivity index is 1.11. The Morgan fingerprint density at radius 1 is 0.400 bits per heavy atom. The van der Waals surface area contributed by atoms with Crippen molar-refractivity contribution >= 4 is 65.6 Å². The molecule has 13 rings (SSSR count). The van der Waals surface area contributed by atoms with Gasteiger partial charge in [-0.05, 0) is 65.7 Å². The molecule has 7 nitrogen and oxygen atoms in total. The van der Waals surface area contributed by atoms with Crippen LogP contribution in [0, 0.1) is 11.3 Å². The molecule has 4 heterocycles. The van der Waals surface area contributed by atoms with Crippen molar-refractivity contribution in [1.29, 1.82) is 5.26 Å². The molecule has 0 amide bonds. The van der Waals surface area contributed by atoms with Crippen LogP contribution in [0.25, 0.3) is 122 Å². The SMILES string of the molecule is N#Cc1ccc(-n2c3ccccc3c3ccc4c(c5ccccc5n4-c4cccc5c4oc4ccccc45)c32)c(-c2nc(-c3ccccc3)nc(-c3cccc(-c4ccccc4)c3)n2)c1. The van der Waals surface area contributed by atoms with Gasteiger partial charge in [-0.15, -0.1) is 0 Å². The predicted octanol–water partition coefficient (Wildman–Crippen LogP) is 14.5. The first-order valence-corrected chi connectivity index (χ1v) is 21.6. The van der Waals surface area contributed by atoms with Crippen LogP contribution >= 0.6 is 0 Å². The fourth-order valence-electron chi connectivity index (χ4n) is 9.72. The van der Waals surface area contributed by atoms with Crippen molar-refractivity contribution in [3.05, 3.63) is 212 Å². The van der Waals surface area contributed by atoms with Gasteiger partial charge in [0.1, 0.15) is 5.58 Å². The monoisotopic (exact) mass is 830 g/mol. The van der Waals surface area contributed by atoms with Gasteiger partial charge in [-0.3, -0.25) is 0 Å². The Kier molecular flexibility index (Phi) is 8.14. The molecular weight excluding hydrogens is 797 g/mol. The van der Waals surface area contributed by atoms with Crippen molar-refractivity contribution in [1.82, 2.24) is 24.1 Å². The highest BCUT2D eigenvalue weighted by Gasteiger charge is 2.25. The average Bonchev–Trinajstić information content (AvgIpc) is 4.04. The minimum Gasteiger partial charge on any atom is -0.454 e. The number of nitriles is 1. The Morgan fingerprint density at radius 2 is 1.02 bits per heavy atom. The highest BCUT2D eigenvalue weighted by atomic mass is 16.3. The van der Waals surface area contributed by atoms with E-state index in [0.717, 1.165) is 99.2 Å². The molecule has 0 unspecified atom stereocenters. The summed E-state index contributed by atoms with van der Waals surface area (Å²) in [5.41, 5.74) is 12.7. The van der Waals surface area contributed by atoms with Crippen molar-refractivity contribution in [2.24, 2.45) is 0 Å². The maximum atomic E-state index is 10.4. The van der Waals surface area contributed by atoms with E-state index < -0.39 is 0 Å². The molecule has 4 aromatic heterocycles. The van der Waals surface area contributed by atoms with Gasteiger partial charge in [0.25, 0.3) is 0 Å². The van der Waals surface area contributed by atoms with Crippen molar-refractivity contribution in [2.45, 2.75) is 0 Å². The Bertz CT molecular complexity index is 4080.